The maximum absolute atomic E-state index is 13.2. The van der Waals surface area contributed by atoms with Crippen molar-refractivity contribution in [2.75, 3.05) is 49.8 Å². The fourth-order valence-electron chi connectivity index (χ4n) is 5.82. The number of hydrogen-bond donors (Lipinski definition) is 2. The Balaban J connectivity index is 1.10. The lowest BCUT2D eigenvalue weighted by Crippen LogP contribution is -2.49. The Morgan fingerprint density at radius 1 is 1.10 bits per heavy atom. The van der Waals surface area contributed by atoms with Crippen molar-refractivity contribution in [3.05, 3.63) is 65.7 Å². The van der Waals surface area contributed by atoms with Gasteiger partial charge in [-0.25, -0.2) is 4.98 Å². The lowest BCUT2D eigenvalue weighted by molar-refractivity contribution is -0.120. The van der Waals surface area contributed by atoms with E-state index in [9.17, 15) is 9.59 Å². The number of anilines is 2. The van der Waals surface area contributed by atoms with Gasteiger partial charge < -0.3 is 24.6 Å². The van der Waals surface area contributed by atoms with E-state index in [0.717, 1.165) is 63.2 Å². The maximum Gasteiger partial charge on any atom is 0.291 e. The second-order valence-electron chi connectivity index (χ2n) is 10.8. The van der Waals surface area contributed by atoms with Crippen molar-refractivity contribution in [1.82, 2.24) is 20.5 Å². The van der Waals surface area contributed by atoms with Crippen LogP contribution in [0.1, 0.15) is 47.7 Å². The predicted octanol–water partition coefficient (Wildman–Crippen LogP) is 2.95. The van der Waals surface area contributed by atoms with Crippen LogP contribution in [0.25, 0.3) is 0 Å². The highest BCUT2D eigenvalue weighted by atomic mass is 16.5. The standard InChI is InChI=1S/C29H34N6O4/c1-34-23-8-7-21(35-13-9-29(10-14-35)11-15-38-16-12-29)18-24(23)39-19-22(28(34)37)30-27(36)26-31-25(32-33-26)17-20-5-3-2-4-6-20/h2-8,18,22H,9-17,19H2,1H3,(H,30,36)(H,31,32,33)/t22-/m1/s1. The molecule has 10 heteroatoms. The van der Waals surface area contributed by atoms with E-state index in [1.165, 1.54) is 0 Å². The summed E-state index contributed by atoms with van der Waals surface area (Å²) in [6.07, 6.45) is 5.15. The minimum atomic E-state index is -0.863. The summed E-state index contributed by atoms with van der Waals surface area (Å²) in [5.41, 5.74) is 3.24. The molecule has 0 radical (unpaired) electrons. The predicted molar refractivity (Wildman–Crippen MR) is 146 cm³/mol. The Labute approximate surface area is 227 Å². The molecule has 39 heavy (non-hydrogen) atoms. The first-order valence-corrected chi connectivity index (χ1v) is 13.6. The van der Waals surface area contributed by atoms with Crippen LogP contribution in [0, 0.1) is 5.41 Å². The molecule has 0 aliphatic carbocycles. The maximum atomic E-state index is 13.2. The van der Waals surface area contributed by atoms with Crippen LogP contribution in [0.15, 0.2) is 48.5 Å². The number of H-pyrrole nitrogens is 1. The summed E-state index contributed by atoms with van der Waals surface area (Å²) < 4.78 is 11.7. The molecule has 2 fully saturated rings. The van der Waals surface area contributed by atoms with E-state index < -0.39 is 11.9 Å². The van der Waals surface area contributed by atoms with Gasteiger partial charge in [0.05, 0.1) is 5.69 Å². The van der Waals surface area contributed by atoms with Gasteiger partial charge in [-0.2, -0.15) is 0 Å². The van der Waals surface area contributed by atoms with Crippen molar-refractivity contribution in [1.29, 1.82) is 0 Å². The number of aromatic amines is 1. The molecule has 2 aromatic carbocycles. The van der Waals surface area contributed by atoms with E-state index in [4.69, 9.17) is 9.47 Å². The Hall–Kier alpha value is -3.92. The van der Waals surface area contributed by atoms with Gasteiger partial charge >= 0.3 is 0 Å². The summed E-state index contributed by atoms with van der Waals surface area (Å²) in [5.74, 6) is 0.423. The number of aromatic nitrogens is 3. The van der Waals surface area contributed by atoms with Gasteiger partial charge in [0.25, 0.3) is 11.8 Å². The van der Waals surface area contributed by atoms with Gasteiger partial charge in [0.2, 0.25) is 5.82 Å². The van der Waals surface area contributed by atoms with Crippen molar-refractivity contribution in [3.63, 3.8) is 0 Å². The zero-order valence-corrected chi connectivity index (χ0v) is 22.2. The summed E-state index contributed by atoms with van der Waals surface area (Å²) in [7, 11) is 1.70. The average Bonchev–Trinajstić information content (AvgIpc) is 3.40. The molecule has 3 aromatic rings. The number of carbonyl (C=O) groups excluding carboxylic acids is 2. The monoisotopic (exact) mass is 530 g/mol. The molecule has 1 spiro atoms. The van der Waals surface area contributed by atoms with Gasteiger partial charge in [-0.05, 0) is 48.8 Å². The lowest BCUT2D eigenvalue weighted by atomic mass is 9.72. The molecule has 3 aliphatic heterocycles. The summed E-state index contributed by atoms with van der Waals surface area (Å²) in [6, 6.07) is 14.9. The smallest absolute Gasteiger partial charge is 0.291 e. The van der Waals surface area contributed by atoms with Crippen molar-refractivity contribution < 1.29 is 19.1 Å². The van der Waals surface area contributed by atoms with Gasteiger partial charge in [-0.3, -0.25) is 14.7 Å². The number of rotatable bonds is 5. The van der Waals surface area contributed by atoms with Crippen molar-refractivity contribution in [3.8, 4) is 5.75 Å². The highest BCUT2D eigenvalue weighted by Gasteiger charge is 2.37. The number of amides is 2. The van der Waals surface area contributed by atoms with E-state index >= 15 is 0 Å². The van der Waals surface area contributed by atoms with Crippen LogP contribution in [0.2, 0.25) is 0 Å². The number of fused-ring (bicyclic) bond motifs is 1. The molecular weight excluding hydrogens is 496 g/mol. The highest BCUT2D eigenvalue weighted by molar-refractivity contribution is 6.02. The molecule has 3 aliphatic rings. The van der Waals surface area contributed by atoms with Crippen molar-refractivity contribution >= 4 is 23.2 Å². The number of piperidine rings is 1. The van der Waals surface area contributed by atoms with Crippen molar-refractivity contribution in [2.24, 2.45) is 5.41 Å². The van der Waals surface area contributed by atoms with Crippen LogP contribution in [0.4, 0.5) is 11.4 Å². The van der Waals surface area contributed by atoms with Gasteiger partial charge in [0.1, 0.15) is 24.2 Å². The molecule has 0 bridgehead atoms. The lowest BCUT2D eigenvalue weighted by Gasteiger charge is -2.44. The molecule has 2 saturated heterocycles. The molecule has 1 aromatic heterocycles. The van der Waals surface area contributed by atoms with E-state index in [0.29, 0.717) is 29.1 Å². The summed E-state index contributed by atoms with van der Waals surface area (Å²) >= 11 is 0. The number of nitrogens with zero attached hydrogens (tertiary/aromatic N) is 4. The molecule has 4 heterocycles. The SMILES string of the molecule is CN1C(=O)[C@H](NC(=O)c2n[nH]c(Cc3ccccc3)n2)COc2cc(N3CCC4(CCOCC4)CC3)ccc21. The van der Waals surface area contributed by atoms with Crippen LogP contribution in [-0.2, 0) is 16.0 Å². The Bertz CT molecular complexity index is 1330. The van der Waals surface area contributed by atoms with Crippen LogP contribution in [0.3, 0.4) is 0 Å². The molecule has 2 N–H and O–H groups in total. The molecule has 6 rings (SSSR count). The Morgan fingerprint density at radius 2 is 1.87 bits per heavy atom. The van der Waals surface area contributed by atoms with E-state index in [2.05, 4.69) is 31.5 Å². The zero-order chi connectivity index (χ0) is 26.8. The first-order chi connectivity index (χ1) is 19.0. The summed E-state index contributed by atoms with van der Waals surface area (Å²) in [5, 5.41) is 9.63. The summed E-state index contributed by atoms with van der Waals surface area (Å²) in [6.45, 7) is 3.76. The van der Waals surface area contributed by atoms with Crippen LogP contribution >= 0.6 is 0 Å². The second kappa shape index (κ2) is 10.7. The van der Waals surface area contributed by atoms with Gasteiger partial charge in [0.15, 0.2) is 0 Å². The third kappa shape index (κ3) is 5.34. The van der Waals surface area contributed by atoms with Crippen LogP contribution in [0.5, 0.6) is 5.75 Å². The number of likely N-dealkylation sites (N-methyl/N-ethyl adjacent to an activating group) is 1. The highest BCUT2D eigenvalue weighted by Crippen LogP contribution is 2.42. The third-order valence-corrected chi connectivity index (χ3v) is 8.34. The van der Waals surface area contributed by atoms with E-state index in [1.54, 1.807) is 11.9 Å². The second-order valence-corrected chi connectivity index (χ2v) is 10.8. The topological polar surface area (TPSA) is 113 Å². The van der Waals surface area contributed by atoms with Crippen LogP contribution in [-0.4, -0.2) is 73.0 Å². The number of benzene rings is 2. The normalized spacial score (nSPS) is 20.7. The van der Waals surface area contributed by atoms with Gasteiger partial charge in [0, 0.05) is 51.5 Å². The first kappa shape index (κ1) is 25.4. The average molecular weight is 531 g/mol. The fourth-order valence-corrected chi connectivity index (χ4v) is 5.82. The fraction of sp³-hybridized carbons (Fsp3) is 0.448. The number of nitrogens with one attached hydrogen (secondary N) is 2. The largest absolute Gasteiger partial charge is 0.489 e. The Morgan fingerprint density at radius 3 is 2.64 bits per heavy atom. The molecule has 2 amide bonds. The van der Waals surface area contributed by atoms with E-state index in [-0.39, 0.29) is 18.3 Å². The Kier molecular flexibility index (Phi) is 6.95. The number of carbonyl (C=O) groups is 2. The first-order valence-electron chi connectivity index (χ1n) is 13.6. The molecule has 204 valence electrons. The van der Waals surface area contributed by atoms with Gasteiger partial charge in [-0.1, -0.05) is 30.3 Å². The minimum Gasteiger partial charge on any atom is -0.489 e. The molecule has 1 atom stereocenters. The molecular formula is C29H34N6O4. The van der Waals surface area contributed by atoms with Crippen LogP contribution < -0.4 is 19.9 Å². The number of ether oxygens (including phenoxy) is 2. The molecule has 0 unspecified atom stereocenters. The third-order valence-electron chi connectivity index (χ3n) is 8.34. The number of hydrogen-bond acceptors (Lipinski definition) is 7. The molecule has 10 nitrogen and oxygen atoms in total. The van der Waals surface area contributed by atoms with E-state index in [1.807, 2.05) is 42.5 Å². The van der Waals surface area contributed by atoms with Gasteiger partial charge in [-0.15, -0.1) is 5.10 Å². The quantitative estimate of drug-likeness (QED) is 0.522. The molecule has 0 saturated carbocycles. The summed E-state index contributed by atoms with van der Waals surface area (Å²) in [4.78, 5) is 34.4. The zero-order valence-electron chi connectivity index (χ0n) is 22.2. The minimum absolute atomic E-state index is 0.00664. The van der Waals surface area contributed by atoms with Crippen molar-refractivity contribution in [2.45, 2.75) is 38.1 Å².